The number of hydrogen-bond acceptors (Lipinski definition) is 9. The fourth-order valence-corrected chi connectivity index (χ4v) is 6.47. The summed E-state index contributed by atoms with van der Waals surface area (Å²) in [4.78, 5) is 30.8. The normalized spacial score (nSPS) is 19.9. The molecule has 3 aromatic rings. The lowest BCUT2D eigenvalue weighted by Gasteiger charge is -2.36. The number of carbonyl (C=O) groups excluding carboxylic acids is 2. The quantitative estimate of drug-likeness (QED) is 0.216. The van der Waals surface area contributed by atoms with Crippen LogP contribution in [0.5, 0.6) is 5.75 Å². The van der Waals surface area contributed by atoms with Crippen LogP contribution in [0.4, 0.5) is 17.1 Å². The van der Waals surface area contributed by atoms with E-state index in [1.807, 2.05) is 45.2 Å². The molecule has 4 atom stereocenters. The second kappa shape index (κ2) is 17.7. The number of sulfonamides is 1. The van der Waals surface area contributed by atoms with Crippen molar-refractivity contribution in [2.75, 3.05) is 55.4 Å². The van der Waals surface area contributed by atoms with E-state index < -0.39 is 16.1 Å². The second-order valence-corrected chi connectivity index (χ2v) is 15.1. The Labute approximate surface area is 296 Å². The number of rotatable bonds is 10. The van der Waals surface area contributed by atoms with Crippen LogP contribution < -0.4 is 20.5 Å². The van der Waals surface area contributed by atoms with Gasteiger partial charge in [-0.1, -0.05) is 31.2 Å². The molecule has 12 nitrogen and oxygen atoms in total. The van der Waals surface area contributed by atoms with Crippen LogP contribution in [-0.4, -0.2) is 93.0 Å². The third-order valence-electron chi connectivity index (χ3n) is 8.72. The van der Waals surface area contributed by atoms with Gasteiger partial charge in [0.2, 0.25) is 10.0 Å². The number of likely N-dealkylation sites (N-methyl/N-ethyl adjacent to an activating group) is 1. The summed E-state index contributed by atoms with van der Waals surface area (Å²) in [5.41, 5.74) is 9.04. The Morgan fingerprint density at radius 3 is 2.50 bits per heavy atom. The number of benzene rings is 3. The van der Waals surface area contributed by atoms with Crippen LogP contribution >= 0.6 is 0 Å². The van der Waals surface area contributed by atoms with Gasteiger partial charge in [0, 0.05) is 43.4 Å². The van der Waals surface area contributed by atoms with Crippen LogP contribution in [0.1, 0.15) is 66.3 Å². The van der Waals surface area contributed by atoms with Gasteiger partial charge in [0.1, 0.15) is 5.75 Å². The molecule has 1 aliphatic rings. The Bertz CT molecular complexity index is 1700. The Hall–Kier alpha value is -4.17. The molecule has 5 N–H and O–H groups in total. The van der Waals surface area contributed by atoms with Crippen LogP contribution in [0, 0.1) is 5.92 Å². The number of anilines is 3. The molecule has 0 fully saturated rings. The van der Waals surface area contributed by atoms with Crippen molar-refractivity contribution in [1.29, 1.82) is 0 Å². The van der Waals surface area contributed by atoms with Crippen molar-refractivity contribution in [1.82, 2.24) is 9.80 Å². The minimum atomic E-state index is -3.58. The summed E-state index contributed by atoms with van der Waals surface area (Å²) in [6, 6.07) is 18.7. The number of amides is 2. The van der Waals surface area contributed by atoms with Crippen molar-refractivity contribution in [3.63, 3.8) is 0 Å². The number of ether oxygens (including phenoxy) is 2. The number of fused-ring (bicyclic) bond motifs is 1. The highest BCUT2D eigenvalue weighted by atomic mass is 32.2. The van der Waals surface area contributed by atoms with Crippen LogP contribution in [0.3, 0.4) is 0 Å². The van der Waals surface area contributed by atoms with Gasteiger partial charge >= 0.3 is 0 Å². The molecule has 0 saturated carbocycles. The summed E-state index contributed by atoms with van der Waals surface area (Å²) < 4.78 is 39.1. The summed E-state index contributed by atoms with van der Waals surface area (Å²) in [5, 5.41) is 13.0. The Morgan fingerprint density at radius 2 is 1.82 bits per heavy atom. The molecule has 2 amide bonds. The Kier molecular flexibility index (Phi) is 13.6. The van der Waals surface area contributed by atoms with Gasteiger partial charge in [0.25, 0.3) is 11.8 Å². The van der Waals surface area contributed by atoms with E-state index in [1.165, 1.54) is 6.07 Å². The zero-order valence-corrected chi connectivity index (χ0v) is 30.4. The first-order chi connectivity index (χ1) is 23.7. The van der Waals surface area contributed by atoms with Crippen molar-refractivity contribution >= 4 is 38.9 Å². The molecule has 0 unspecified atom stereocenters. The molecule has 0 aromatic heterocycles. The number of hydrogen-bond donors (Lipinski definition) is 4. The van der Waals surface area contributed by atoms with Gasteiger partial charge in [-0.2, -0.15) is 0 Å². The maximum atomic E-state index is 14.2. The third-order valence-corrected chi connectivity index (χ3v) is 9.33. The molecule has 0 bridgehead atoms. The molecule has 1 heterocycles. The lowest BCUT2D eigenvalue weighted by atomic mass is 10.0. The monoisotopic (exact) mass is 709 g/mol. The summed E-state index contributed by atoms with van der Waals surface area (Å²) >= 11 is 0. The van der Waals surface area contributed by atoms with Gasteiger partial charge in [-0.25, -0.2) is 8.42 Å². The van der Waals surface area contributed by atoms with E-state index in [4.69, 9.17) is 15.2 Å². The summed E-state index contributed by atoms with van der Waals surface area (Å²) in [6.45, 7) is 7.50. The number of nitrogens with zero attached hydrogens (tertiary/aromatic N) is 2. The highest BCUT2D eigenvalue weighted by Gasteiger charge is 2.30. The van der Waals surface area contributed by atoms with E-state index in [-0.39, 0.29) is 54.3 Å². The second-order valence-electron chi connectivity index (χ2n) is 13.3. The van der Waals surface area contributed by atoms with E-state index in [9.17, 15) is 23.1 Å². The first-order valence-corrected chi connectivity index (χ1v) is 18.9. The van der Waals surface area contributed by atoms with Gasteiger partial charge in [-0.3, -0.25) is 19.2 Å². The van der Waals surface area contributed by atoms with Gasteiger partial charge in [0.15, 0.2) is 0 Å². The molecule has 50 heavy (non-hydrogen) atoms. The lowest BCUT2D eigenvalue weighted by Crippen LogP contribution is -2.47. The van der Waals surface area contributed by atoms with E-state index >= 15 is 0 Å². The number of aliphatic hydroxyl groups excluding tert-OH is 1. The fourth-order valence-electron chi connectivity index (χ4n) is 5.91. The highest BCUT2D eigenvalue weighted by Crippen LogP contribution is 2.29. The van der Waals surface area contributed by atoms with Gasteiger partial charge in [0.05, 0.1) is 48.1 Å². The van der Waals surface area contributed by atoms with E-state index in [2.05, 4.69) is 14.9 Å². The summed E-state index contributed by atoms with van der Waals surface area (Å²) in [6.07, 6.45) is 3.05. The van der Waals surface area contributed by atoms with Gasteiger partial charge < -0.3 is 30.5 Å². The van der Waals surface area contributed by atoms with Crippen molar-refractivity contribution < 1.29 is 32.6 Å². The predicted molar refractivity (Wildman–Crippen MR) is 197 cm³/mol. The number of nitrogens with one attached hydrogen (secondary N) is 2. The van der Waals surface area contributed by atoms with Crippen molar-refractivity contribution in [3.8, 4) is 5.75 Å². The molecule has 3 aromatic carbocycles. The predicted octanol–water partition coefficient (Wildman–Crippen LogP) is 4.82. The van der Waals surface area contributed by atoms with Crippen molar-refractivity contribution in [2.45, 2.75) is 64.8 Å². The standard InChI is InChI=1S/C37H51N5O7S/c1-25-21-42(26(2)24-43)37(45)31-20-30(40-50(5,46)47)17-18-34(31)49-27(3)10-8-9-19-48-35(25)23-41(4)22-28-13-15-29(16-14-28)36(44)39-33-12-7-6-11-32(33)38/h6-7,11-18,20,25-27,35,40,43H,8-10,19,21-24,38H2,1-5H3,(H,39,44)/t25-,26+,27+,35+/m0/s1. The molecule has 0 radical (unpaired) electrons. The maximum absolute atomic E-state index is 14.2. The molecule has 0 aliphatic carbocycles. The SMILES string of the molecule is C[C@@H]1CCCCO[C@H](CN(C)Cc2ccc(C(=O)Nc3ccccc3N)cc2)[C@@H](C)CN([C@H](C)CO)C(=O)c2cc(NS(C)(=O)=O)ccc2O1. The summed E-state index contributed by atoms with van der Waals surface area (Å²) in [7, 11) is -1.58. The number of nitrogens with two attached hydrogens (primary N) is 1. The number of aliphatic hydroxyl groups is 1. The van der Waals surface area contributed by atoms with Crippen molar-refractivity contribution in [2.24, 2.45) is 5.92 Å². The largest absolute Gasteiger partial charge is 0.490 e. The first kappa shape index (κ1) is 38.6. The first-order valence-electron chi connectivity index (χ1n) is 17.0. The van der Waals surface area contributed by atoms with Crippen LogP contribution in [0.15, 0.2) is 66.7 Å². The molecule has 0 spiro atoms. The topological polar surface area (TPSA) is 164 Å². The number of para-hydroxylation sites is 2. The zero-order valence-electron chi connectivity index (χ0n) is 29.6. The molecule has 0 saturated heterocycles. The lowest BCUT2D eigenvalue weighted by molar-refractivity contribution is -0.0177. The average Bonchev–Trinajstić information content (AvgIpc) is 3.06. The smallest absolute Gasteiger partial charge is 0.258 e. The minimum absolute atomic E-state index is 0.129. The van der Waals surface area contributed by atoms with E-state index in [1.54, 1.807) is 48.2 Å². The molecule has 13 heteroatoms. The Balaban J connectivity index is 1.51. The van der Waals surface area contributed by atoms with Crippen LogP contribution in [0.25, 0.3) is 0 Å². The Morgan fingerprint density at radius 1 is 1.10 bits per heavy atom. The summed E-state index contributed by atoms with van der Waals surface area (Å²) in [5.74, 6) is -0.384. The maximum Gasteiger partial charge on any atom is 0.258 e. The van der Waals surface area contributed by atoms with E-state index in [0.717, 1.165) is 31.1 Å². The van der Waals surface area contributed by atoms with Gasteiger partial charge in [-0.05, 0) is 88.2 Å². The molecule has 1 aliphatic heterocycles. The fraction of sp³-hybridized carbons (Fsp3) is 0.459. The van der Waals surface area contributed by atoms with Crippen LogP contribution in [-0.2, 0) is 21.3 Å². The molecular weight excluding hydrogens is 659 g/mol. The number of nitrogen functional groups attached to an aromatic ring is 1. The van der Waals surface area contributed by atoms with E-state index in [0.29, 0.717) is 42.4 Å². The molecule has 272 valence electrons. The van der Waals surface area contributed by atoms with Crippen molar-refractivity contribution in [3.05, 3.63) is 83.4 Å². The molecular formula is C37H51N5O7S. The third kappa shape index (κ3) is 11.2. The highest BCUT2D eigenvalue weighted by molar-refractivity contribution is 7.92. The molecule has 4 rings (SSSR count). The van der Waals surface area contributed by atoms with Crippen LogP contribution in [0.2, 0.25) is 0 Å². The average molecular weight is 710 g/mol. The van der Waals surface area contributed by atoms with Gasteiger partial charge in [-0.15, -0.1) is 0 Å². The number of carbonyl (C=O) groups is 2. The minimum Gasteiger partial charge on any atom is -0.490 e. The zero-order chi connectivity index (χ0) is 36.4.